The van der Waals surface area contributed by atoms with Crippen molar-refractivity contribution in [1.29, 1.82) is 5.41 Å². The van der Waals surface area contributed by atoms with Crippen LogP contribution >= 0.6 is 0 Å². The number of likely N-dealkylation sites (N-methyl/N-ethyl adjacent to an activating group) is 1. The quantitative estimate of drug-likeness (QED) is 0.373. The third-order valence-corrected chi connectivity index (χ3v) is 3.70. The Labute approximate surface area is 117 Å². The minimum absolute atomic E-state index is 0.0129. The van der Waals surface area contributed by atoms with Crippen molar-refractivity contribution >= 4 is 25.5 Å². The first kappa shape index (κ1) is 12.8. The zero-order valence-corrected chi connectivity index (χ0v) is 11.0. The monoisotopic (exact) mass is 273 g/mol. The second-order valence-corrected chi connectivity index (χ2v) is 4.74. The molecule has 0 aliphatic carbocycles. The van der Waals surface area contributed by atoms with Crippen LogP contribution in [0.1, 0.15) is 5.89 Å². The maximum Gasteiger partial charge on any atom is 0.373 e. The van der Waals surface area contributed by atoms with E-state index in [1.165, 1.54) is 13.7 Å². The van der Waals surface area contributed by atoms with E-state index < -0.39 is 0 Å². The largest absolute Gasteiger partial charge is 0.556 e. The van der Waals surface area contributed by atoms with Crippen LogP contribution < -0.4 is 0 Å². The number of carbonyl (C=O) groups is 1. The molecule has 2 aliphatic rings. The van der Waals surface area contributed by atoms with Gasteiger partial charge in [-0.1, -0.05) is 0 Å². The van der Waals surface area contributed by atoms with Crippen LogP contribution in [0.3, 0.4) is 0 Å². The molecule has 2 aliphatic heterocycles. The molecule has 8 heteroatoms. The van der Waals surface area contributed by atoms with E-state index in [0.717, 1.165) is 12.0 Å². The van der Waals surface area contributed by atoms with Gasteiger partial charge in [0.05, 0.1) is 18.3 Å². The van der Waals surface area contributed by atoms with E-state index in [1.807, 2.05) is 6.08 Å². The number of hydrogen-bond acceptors (Lipinski definition) is 5. The summed E-state index contributed by atoms with van der Waals surface area (Å²) in [5.74, 6) is 0.524. The average molecular weight is 273 g/mol. The third kappa shape index (κ3) is 1.97. The van der Waals surface area contributed by atoms with Crippen LogP contribution in [0.15, 0.2) is 23.0 Å². The van der Waals surface area contributed by atoms with Crippen LogP contribution in [0.2, 0.25) is 6.32 Å². The predicted molar refractivity (Wildman–Crippen MR) is 72.4 cm³/mol. The van der Waals surface area contributed by atoms with Gasteiger partial charge < -0.3 is 18.9 Å². The molecule has 1 saturated heterocycles. The van der Waals surface area contributed by atoms with Crippen LogP contribution in [0.5, 0.6) is 0 Å². The fourth-order valence-electron chi connectivity index (χ4n) is 2.69. The van der Waals surface area contributed by atoms with Crippen LogP contribution in [0, 0.1) is 5.41 Å². The molecule has 1 radical (unpaired) electrons. The number of aromatic nitrogens is 1. The Morgan fingerprint density at radius 1 is 1.70 bits per heavy atom. The summed E-state index contributed by atoms with van der Waals surface area (Å²) in [6.45, 7) is 0.655. The standard InChI is InChI=1S/C12H14BN4O3/c1-16-8-4-9(11-15-2-3-19-11)10(5-13-20-7-14)17(6-8)12(16)18/h2-4,7-8,10,14H,5-6H2,1H3/t8-,10-/m1/s1. The summed E-state index contributed by atoms with van der Waals surface area (Å²) in [6, 6.07) is -0.146. The molecule has 7 nitrogen and oxygen atoms in total. The van der Waals surface area contributed by atoms with E-state index in [4.69, 9.17) is 14.5 Å². The van der Waals surface area contributed by atoms with E-state index in [0.29, 0.717) is 18.8 Å². The number of fused-ring (bicyclic) bond motifs is 2. The maximum absolute atomic E-state index is 12.2. The Morgan fingerprint density at radius 3 is 3.25 bits per heavy atom. The topological polar surface area (TPSA) is 82.7 Å². The van der Waals surface area contributed by atoms with E-state index in [2.05, 4.69) is 4.98 Å². The minimum atomic E-state index is -0.178. The molecular formula is C12H14BN4O3. The summed E-state index contributed by atoms with van der Waals surface area (Å²) in [5, 5.41) is 6.87. The smallest absolute Gasteiger partial charge is 0.373 e. The van der Waals surface area contributed by atoms with Gasteiger partial charge in [-0.3, -0.25) is 5.41 Å². The molecule has 0 unspecified atom stereocenters. The van der Waals surface area contributed by atoms with Crippen molar-refractivity contribution in [1.82, 2.24) is 14.8 Å². The number of carbonyl (C=O) groups excluding carboxylic acids is 1. The van der Waals surface area contributed by atoms with Gasteiger partial charge in [-0.25, -0.2) is 9.78 Å². The van der Waals surface area contributed by atoms with E-state index in [9.17, 15) is 4.79 Å². The van der Waals surface area contributed by atoms with E-state index >= 15 is 0 Å². The number of nitrogens with zero attached hydrogens (tertiary/aromatic N) is 3. The molecule has 1 N–H and O–H groups in total. The molecule has 2 atom stereocenters. The first-order valence-corrected chi connectivity index (χ1v) is 6.33. The molecule has 2 amide bonds. The number of nitrogens with one attached hydrogen (secondary N) is 1. The molecule has 2 bridgehead atoms. The van der Waals surface area contributed by atoms with Crippen LogP contribution in [0.25, 0.3) is 5.57 Å². The molecule has 3 rings (SSSR count). The summed E-state index contributed by atoms with van der Waals surface area (Å²) in [7, 11) is 3.30. The molecule has 1 fully saturated rings. The van der Waals surface area contributed by atoms with Gasteiger partial charge in [0.1, 0.15) is 12.7 Å². The summed E-state index contributed by atoms with van der Waals surface area (Å²) in [6.07, 6.45) is 6.47. The van der Waals surface area contributed by atoms with Gasteiger partial charge >= 0.3 is 13.5 Å². The zero-order chi connectivity index (χ0) is 14.1. The average Bonchev–Trinajstić information content (AvgIpc) is 3.06. The second kappa shape index (κ2) is 5.03. The highest BCUT2D eigenvalue weighted by Gasteiger charge is 2.44. The molecular weight excluding hydrogens is 259 g/mol. The van der Waals surface area contributed by atoms with Crippen LogP contribution in [-0.2, 0) is 4.65 Å². The lowest BCUT2D eigenvalue weighted by molar-refractivity contribution is 0.193. The number of amides is 2. The predicted octanol–water partition coefficient (Wildman–Crippen LogP) is 0.837. The van der Waals surface area contributed by atoms with Crippen molar-refractivity contribution < 1.29 is 13.9 Å². The Balaban J connectivity index is 1.90. The lowest BCUT2D eigenvalue weighted by Gasteiger charge is -2.30. The highest BCUT2D eigenvalue weighted by atomic mass is 16.4. The first-order chi connectivity index (χ1) is 9.72. The molecule has 1 aromatic heterocycles. The highest BCUT2D eigenvalue weighted by Crippen LogP contribution is 2.34. The van der Waals surface area contributed by atoms with Gasteiger partial charge in [-0.2, -0.15) is 0 Å². The number of hydrogen-bond donors (Lipinski definition) is 1. The highest BCUT2D eigenvalue weighted by molar-refractivity contribution is 6.30. The lowest BCUT2D eigenvalue weighted by atomic mass is 9.83. The summed E-state index contributed by atoms with van der Waals surface area (Å²) >= 11 is 0. The Morgan fingerprint density at radius 2 is 2.55 bits per heavy atom. The number of oxazole rings is 1. The van der Waals surface area contributed by atoms with Crippen molar-refractivity contribution in [2.75, 3.05) is 13.6 Å². The fraction of sp³-hybridized carbons (Fsp3) is 0.417. The van der Waals surface area contributed by atoms with Gasteiger partial charge in [-0.05, 0) is 12.4 Å². The molecule has 103 valence electrons. The Kier molecular flexibility index (Phi) is 3.21. The van der Waals surface area contributed by atoms with Crippen molar-refractivity contribution in [3.63, 3.8) is 0 Å². The lowest BCUT2D eigenvalue weighted by Crippen LogP contribution is -2.40. The van der Waals surface area contributed by atoms with Crippen LogP contribution in [-0.4, -0.2) is 60.4 Å². The van der Waals surface area contributed by atoms with Crippen LogP contribution in [0.4, 0.5) is 4.79 Å². The number of rotatable bonds is 5. The molecule has 1 aromatic rings. The first-order valence-electron chi connectivity index (χ1n) is 6.33. The van der Waals surface area contributed by atoms with Gasteiger partial charge in [0, 0.05) is 19.2 Å². The van der Waals surface area contributed by atoms with E-state index in [1.54, 1.807) is 23.0 Å². The normalized spacial score (nSPS) is 24.6. The number of urea groups is 1. The van der Waals surface area contributed by atoms with Crippen molar-refractivity contribution in [3.05, 3.63) is 24.4 Å². The molecule has 0 aromatic carbocycles. The van der Waals surface area contributed by atoms with Crippen molar-refractivity contribution in [3.8, 4) is 0 Å². The van der Waals surface area contributed by atoms with Crippen molar-refractivity contribution in [2.24, 2.45) is 0 Å². The molecule has 3 heterocycles. The molecule has 0 saturated carbocycles. The van der Waals surface area contributed by atoms with Gasteiger partial charge in [0.25, 0.3) is 0 Å². The third-order valence-electron chi connectivity index (χ3n) is 3.70. The Bertz CT molecular complexity index is 545. The summed E-state index contributed by atoms with van der Waals surface area (Å²) in [5.41, 5.74) is 0.883. The Hall–Kier alpha value is -2.25. The van der Waals surface area contributed by atoms with Gasteiger partial charge in [0.2, 0.25) is 5.89 Å². The van der Waals surface area contributed by atoms with Gasteiger partial charge in [-0.15, -0.1) is 0 Å². The minimum Gasteiger partial charge on any atom is -0.556 e. The van der Waals surface area contributed by atoms with E-state index in [-0.39, 0.29) is 18.1 Å². The second-order valence-electron chi connectivity index (χ2n) is 4.74. The molecule has 20 heavy (non-hydrogen) atoms. The summed E-state index contributed by atoms with van der Waals surface area (Å²) < 4.78 is 10.2. The zero-order valence-electron chi connectivity index (χ0n) is 11.0. The molecule has 0 spiro atoms. The van der Waals surface area contributed by atoms with Gasteiger partial charge in [0.15, 0.2) is 0 Å². The van der Waals surface area contributed by atoms with Crippen molar-refractivity contribution in [2.45, 2.75) is 18.4 Å². The summed E-state index contributed by atoms with van der Waals surface area (Å²) in [4.78, 5) is 19.9. The SMILES string of the molecule is CN1C(=O)N2C[C@H]1C=C(c1ncco1)[C@H]2C[B]OC=N. The fourth-order valence-corrected chi connectivity index (χ4v) is 2.69. The maximum atomic E-state index is 12.2.